The van der Waals surface area contributed by atoms with E-state index in [9.17, 15) is 4.79 Å². The van der Waals surface area contributed by atoms with Crippen molar-refractivity contribution in [2.24, 2.45) is 5.92 Å². The number of nitrogens with one attached hydrogen (secondary N) is 1. The summed E-state index contributed by atoms with van der Waals surface area (Å²) < 4.78 is 1.79. The molecular formula is C16H24Br2N2O. The van der Waals surface area contributed by atoms with E-state index < -0.39 is 0 Å². The van der Waals surface area contributed by atoms with Gasteiger partial charge in [0.05, 0.1) is 0 Å². The number of hydrogen-bond acceptors (Lipinski definition) is 2. The molecule has 0 aromatic heterocycles. The van der Waals surface area contributed by atoms with Crippen LogP contribution in [0.2, 0.25) is 0 Å². The van der Waals surface area contributed by atoms with E-state index in [1.54, 1.807) is 0 Å². The minimum atomic E-state index is -0.0326. The van der Waals surface area contributed by atoms with E-state index in [1.807, 2.05) is 18.2 Å². The summed E-state index contributed by atoms with van der Waals surface area (Å²) in [5, 5.41) is 3.06. The van der Waals surface area contributed by atoms with Crippen molar-refractivity contribution in [1.82, 2.24) is 10.2 Å². The molecule has 0 radical (unpaired) electrons. The van der Waals surface area contributed by atoms with Crippen LogP contribution in [0.4, 0.5) is 0 Å². The second-order valence-corrected chi connectivity index (χ2v) is 7.31. The van der Waals surface area contributed by atoms with Crippen molar-refractivity contribution >= 4 is 37.8 Å². The molecule has 1 rings (SSSR count). The highest BCUT2D eigenvalue weighted by Gasteiger charge is 2.21. The Kier molecular flexibility index (Phi) is 7.92. The summed E-state index contributed by atoms with van der Waals surface area (Å²) in [5.41, 5.74) is 0.665. The van der Waals surface area contributed by atoms with Crippen molar-refractivity contribution in [2.75, 3.05) is 20.6 Å². The normalized spacial score (nSPS) is 12.8. The number of hydrogen-bond donors (Lipinski definition) is 1. The summed E-state index contributed by atoms with van der Waals surface area (Å²) >= 11 is 6.82. The predicted octanol–water partition coefficient (Wildman–Crippen LogP) is 4.31. The van der Waals surface area contributed by atoms with E-state index >= 15 is 0 Å². The standard InChI is InChI=1S/C16H24Br2N2O/c1-5-11(6-2)15(20(3)4)10-19-16(21)12-7-13(17)9-14(18)8-12/h7-9,11,15H,5-6,10H2,1-4H3,(H,19,21). The van der Waals surface area contributed by atoms with E-state index in [-0.39, 0.29) is 5.91 Å². The van der Waals surface area contributed by atoms with E-state index in [0.29, 0.717) is 24.1 Å². The number of carbonyl (C=O) groups is 1. The minimum Gasteiger partial charge on any atom is -0.350 e. The third kappa shape index (κ3) is 5.72. The molecule has 0 aliphatic rings. The third-order valence-electron chi connectivity index (χ3n) is 3.85. The van der Waals surface area contributed by atoms with Gasteiger partial charge in [-0.05, 0) is 38.2 Å². The lowest BCUT2D eigenvalue weighted by atomic mass is 9.93. The lowest BCUT2D eigenvalue weighted by Gasteiger charge is -2.31. The van der Waals surface area contributed by atoms with Crippen LogP contribution in [0.25, 0.3) is 0 Å². The summed E-state index contributed by atoms with van der Waals surface area (Å²) in [5.74, 6) is 0.560. The van der Waals surface area contributed by atoms with Gasteiger partial charge in [-0.25, -0.2) is 0 Å². The van der Waals surface area contributed by atoms with Crippen LogP contribution in [-0.4, -0.2) is 37.5 Å². The largest absolute Gasteiger partial charge is 0.350 e. The van der Waals surface area contributed by atoms with Crippen LogP contribution in [0.1, 0.15) is 37.0 Å². The third-order valence-corrected chi connectivity index (χ3v) is 4.77. The van der Waals surface area contributed by atoms with Crippen molar-refractivity contribution in [3.8, 4) is 0 Å². The Labute approximate surface area is 144 Å². The number of amides is 1. The molecule has 0 saturated heterocycles. The molecule has 0 bridgehead atoms. The molecule has 1 amide bonds. The fourth-order valence-electron chi connectivity index (χ4n) is 2.59. The zero-order chi connectivity index (χ0) is 16.0. The monoisotopic (exact) mass is 418 g/mol. The fourth-order valence-corrected chi connectivity index (χ4v) is 3.88. The Morgan fingerprint density at radius 2 is 1.67 bits per heavy atom. The van der Waals surface area contributed by atoms with Crippen molar-refractivity contribution in [2.45, 2.75) is 32.7 Å². The Hall–Kier alpha value is -0.390. The molecule has 0 aliphatic carbocycles. The average Bonchev–Trinajstić information content (AvgIpc) is 2.41. The molecule has 0 heterocycles. The molecule has 3 nitrogen and oxygen atoms in total. The second kappa shape index (κ2) is 8.91. The number of benzene rings is 1. The van der Waals surface area contributed by atoms with Crippen molar-refractivity contribution in [3.05, 3.63) is 32.7 Å². The van der Waals surface area contributed by atoms with E-state index in [4.69, 9.17) is 0 Å². The first kappa shape index (κ1) is 18.7. The summed E-state index contributed by atoms with van der Waals surface area (Å²) in [7, 11) is 4.15. The van der Waals surface area contributed by atoms with Crippen molar-refractivity contribution < 1.29 is 4.79 Å². The number of carbonyl (C=O) groups excluding carboxylic acids is 1. The van der Waals surface area contributed by atoms with Gasteiger partial charge in [-0.1, -0.05) is 58.5 Å². The van der Waals surface area contributed by atoms with Gasteiger partial charge in [-0.15, -0.1) is 0 Å². The summed E-state index contributed by atoms with van der Waals surface area (Å²) in [6.45, 7) is 5.08. The van der Waals surface area contributed by atoms with Gasteiger partial charge in [-0.2, -0.15) is 0 Å². The molecule has 118 valence electrons. The summed E-state index contributed by atoms with van der Waals surface area (Å²) in [6, 6.07) is 5.95. The fraction of sp³-hybridized carbons (Fsp3) is 0.562. The van der Waals surface area contributed by atoms with Crippen LogP contribution in [0.5, 0.6) is 0 Å². The van der Waals surface area contributed by atoms with Gasteiger partial charge in [0, 0.05) is 27.1 Å². The van der Waals surface area contributed by atoms with E-state index in [2.05, 4.69) is 70.0 Å². The SMILES string of the molecule is CCC(CC)C(CNC(=O)c1cc(Br)cc(Br)c1)N(C)C. The number of likely N-dealkylation sites (N-methyl/N-ethyl adjacent to an activating group) is 1. The Morgan fingerprint density at radius 3 is 2.10 bits per heavy atom. The zero-order valence-electron chi connectivity index (χ0n) is 13.1. The summed E-state index contributed by atoms with van der Waals surface area (Å²) in [4.78, 5) is 14.5. The molecule has 1 atom stereocenters. The first-order valence-electron chi connectivity index (χ1n) is 7.29. The molecule has 1 aromatic rings. The topological polar surface area (TPSA) is 32.3 Å². The van der Waals surface area contributed by atoms with Gasteiger partial charge in [0.15, 0.2) is 0 Å². The average molecular weight is 420 g/mol. The highest BCUT2D eigenvalue weighted by atomic mass is 79.9. The van der Waals surface area contributed by atoms with E-state index in [1.165, 1.54) is 0 Å². The van der Waals surface area contributed by atoms with Gasteiger partial charge in [0.2, 0.25) is 0 Å². The Balaban J connectivity index is 2.73. The van der Waals surface area contributed by atoms with Gasteiger partial charge in [-0.3, -0.25) is 4.79 Å². The summed E-state index contributed by atoms with van der Waals surface area (Å²) in [6.07, 6.45) is 2.25. The van der Waals surface area contributed by atoms with Gasteiger partial charge < -0.3 is 10.2 Å². The second-order valence-electron chi connectivity index (χ2n) is 5.48. The smallest absolute Gasteiger partial charge is 0.251 e. The van der Waals surface area contributed by atoms with Crippen LogP contribution < -0.4 is 5.32 Å². The number of nitrogens with zero attached hydrogens (tertiary/aromatic N) is 1. The van der Waals surface area contributed by atoms with Crippen molar-refractivity contribution in [1.29, 1.82) is 0 Å². The Bertz CT molecular complexity index is 453. The molecule has 0 fully saturated rings. The van der Waals surface area contributed by atoms with Crippen molar-refractivity contribution in [3.63, 3.8) is 0 Å². The molecular weight excluding hydrogens is 396 g/mol. The number of halogens is 2. The lowest BCUT2D eigenvalue weighted by Crippen LogP contribution is -2.44. The highest BCUT2D eigenvalue weighted by molar-refractivity contribution is 9.11. The zero-order valence-corrected chi connectivity index (χ0v) is 16.3. The first-order chi connectivity index (χ1) is 9.88. The molecule has 5 heteroatoms. The van der Waals surface area contributed by atoms with Gasteiger partial charge >= 0.3 is 0 Å². The minimum absolute atomic E-state index is 0.0326. The molecule has 21 heavy (non-hydrogen) atoms. The molecule has 1 unspecified atom stereocenters. The molecule has 0 aliphatic heterocycles. The first-order valence-corrected chi connectivity index (χ1v) is 8.88. The molecule has 0 spiro atoms. The molecule has 1 aromatic carbocycles. The Morgan fingerprint density at radius 1 is 1.14 bits per heavy atom. The van der Waals surface area contributed by atoms with Gasteiger partial charge in [0.25, 0.3) is 5.91 Å². The molecule has 0 saturated carbocycles. The highest BCUT2D eigenvalue weighted by Crippen LogP contribution is 2.20. The maximum atomic E-state index is 12.3. The van der Waals surface area contributed by atoms with E-state index in [0.717, 1.165) is 21.8 Å². The van der Waals surface area contributed by atoms with Crippen LogP contribution in [0, 0.1) is 5.92 Å². The number of rotatable bonds is 7. The van der Waals surface area contributed by atoms with Crippen LogP contribution >= 0.6 is 31.9 Å². The molecule has 1 N–H and O–H groups in total. The quantitative estimate of drug-likeness (QED) is 0.714. The lowest BCUT2D eigenvalue weighted by molar-refractivity contribution is 0.0928. The van der Waals surface area contributed by atoms with Crippen LogP contribution in [0.15, 0.2) is 27.1 Å². The van der Waals surface area contributed by atoms with Gasteiger partial charge in [0.1, 0.15) is 0 Å². The van der Waals surface area contributed by atoms with Crippen LogP contribution in [0.3, 0.4) is 0 Å². The maximum absolute atomic E-state index is 12.3. The maximum Gasteiger partial charge on any atom is 0.251 e. The van der Waals surface area contributed by atoms with Crippen LogP contribution in [-0.2, 0) is 0 Å². The predicted molar refractivity (Wildman–Crippen MR) is 95.7 cm³/mol.